The molecule has 0 unspecified atom stereocenters. The summed E-state index contributed by atoms with van der Waals surface area (Å²) in [6.07, 6.45) is 0.921. The Morgan fingerprint density at radius 3 is 2.90 bits per heavy atom. The summed E-state index contributed by atoms with van der Waals surface area (Å²) < 4.78 is 5.74. The molecule has 0 aliphatic rings. The fraction of sp³-hybridized carbons (Fsp3) is 0.538. The molecule has 0 aromatic carbocycles. The topological polar surface area (TPSA) is 92.4 Å². The molecule has 1 aromatic heterocycles. The van der Waals surface area contributed by atoms with Gasteiger partial charge in [-0.2, -0.15) is 11.8 Å². The predicted octanol–water partition coefficient (Wildman–Crippen LogP) is 1.43. The van der Waals surface area contributed by atoms with Gasteiger partial charge in [0.2, 0.25) is 0 Å². The van der Waals surface area contributed by atoms with Crippen LogP contribution in [-0.4, -0.2) is 31.3 Å². The average Bonchev–Trinajstić information content (AvgIpc) is 2.77. The number of hydrogen-bond donors (Lipinski definition) is 3. The van der Waals surface area contributed by atoms with E-state index in [2.05, 4.69) is 22.0 Å². The lowest BCUT2D eigenvalue weighted by Gasteiger charge is -2.07. The first-order valence-corrected chi connectivity index (χ1v) is 7.79. The van der Waals surface area contributed by atoms with Crippen molar-refractivity contribution in [1.82, 2.24) is 16.0 Å². The SMILES string of the molecule is CNCc1oc(CSCCNC(=C[N+](=O)[O-])NC)cc1C. The number of nitrogens with zero attached hydrogens (tertiary/aromatic N) is 1. The van der Waals surface area contributed by atoms with Crippen LogP contribution in [0.2, 0.25) is 0 Å². The van der Waals surface area contributed by atoms with Crippen molar-refractivity contribution in [2.45, 2.75) is 19.2 Å². The number of furan rings is 1. The summed E-state index contributed by atoms with van der Waals surface area (Å²) in [6.45, 7) is 3.41. The lowest BCUT2D eigenvalue weighted by molar-refractivity contribution is -0.404. The fourth-order valence-corrected chi connectivity index (χ4v) is 2.47. The molecule has 0 atom stereocenters. The first kappa shape index (κ1) is 17.4. The predicted molar refractivity (Wildman–Crippen MR) is 84.5 cm³/mol. The zero-order valence-corrected chi connectivity index (χ0v) is 13.4. The normalized spacial score (nSPS) is 11.5. The van der Waals surface area contributed by atoms with Crippen molar-refractivity contribution in [1.29, 1.82) is 0 Å². The summed E-state index contributed by atoms with van der Waals surface area (Å²) in [4.78, 5) is 9.87. The van der Waals surface area contributed by atoms with Crippen molar-refractivity contribution in [3.05, 3.63) is 45.3 Å². The van der Waals surface area contributed by atoms with Crippen LogP contribution in [0.15, 0.2) is 22.5 Å². The maximum Gasteiger partial charge on any atom is 0.274 e. The molecule has 7 nitrogen and oxygen atoms in total. The van der Waals surface area contributed by atoms with Gasteiger partial charge in [-0.15, -0.1) is 0 Å². The van der Waals surface area contributed by atoms with Crippen molar-refractivity contribution in [2.75, 3.05) is 26.4 Å². The quantitative estimate of drug-likeness (QED) is 0.342. The molecule has 0 bridgehead atoms. The highest BCUT2D eigenvalue weighted by molar-refractivity contribution is 7.98. The maximum atomic E-state index is 10.4. The average molecular weight is 314 g/mol. The van der Waals surface area contributed by atoms with Crippen LogP contribution in [0.3, 0.4) is 0 Å². The molecule has 0 aliphatic carbocycles. The Morgan fingerprint density at radius 1 is 1.52 bits per heavy atom. The Balaban J connectivity index is 2.28. The van der Waals surface area contributed by atoms with Crippen LogP contribution in [0.4, 0.5) is 0 Å². The van der Waals surface area contributed by atoms with Crippen LogP contribution in [0, 0.1) is 17.0 Å². The highest BCUT2D eigenvalue weighted by Crippen LogP contribution is 2.19. The minimum Gasteiger partial charge on any atom is -0.464 e. The van der Waals surface area contributed by atoms with Gasteiger partial charge in [0.1, 0.15) is 11.5 Å². The molecule has 3 N–H and O–H groups in total. The van der Waals surface area contributed by atoms with Crippen LogP contribution in [-0.2, 0) is 12.3 Å². The Hall–Kier alpha value is -1.67. The fourth-order valence-electron chi connectivity index (χ4n) is 1.73. The Morgan fingerprint density at radius 2 is 2.29 bits per heavy atom. The number of nitrogens with one attached hydrogen (secondary N) is 3. The molecule has 0 aliphatic heterocycles. The van der Waals surface area contributed by atoms with E-state index in [1.54, 1.807) is 18.8 Å². The van der Waals surface area contributed by atoms with Crippen molar-refractivity contribution >= 4 is 11.8 Å². The van der Waals surface area contributed by atoms with Crippen molar-refractivity contribution < 1.29 is 9.34 Å². The molecule has 8 heteroatoms. The molecular weight excluding hydrogens is 292 g/mol. The monoisotopic (exact) mass is 314 g/mol. The van der Waals surface area contributed by atoms with Gasteiger partial charge < -0.3 is 20.4 Å². The van der Waals surface area contributed by atoms with Gasteiger partial charge in [-0.1, -0.05) is 0 Å². The third-order valence-electron chi connectivity index (χ3n) is 2.72. The molecule has 1 heterocycles. The molecule has 0 saturated carbocycles. The number of nitro groups is 1. The molecule has 21 heavy (non-hydrogen) atoms. The van der Waals surface area contributed by atoms with E-state index in [-0.39, 0.29) is 0 Å². The van der Waals surface area contributed by atoms with Gasteiger partial charge in [-0.05, 0) is 25.6 Å². The maximum absolute atomic E-state index is 10.4. The third kappa shape index (κ3) is 6.54. The minimum absolute atomic E-state index is 0.408. The van der Waals surface area contributed by atoms with Crippen molar-refractivity contribution in [3.8, 4) is 0 Å². The summed E-state index contributed by atoms with van der Waals surface area (Å²) in [5.74, 6) is 3.96. The molecule has 1 aromatic rings. The number of rotatable bonds is 10. The molecule has 1 rings (SSSR count). The van der Waals surface area contributed by atoms with Gasteiger partial charge in [0.25, 0.3) is 6.20 Å². The summed E-state index contributed by atoms with van der Waals surface area (Å²) in [7, 11) is 3.53. The van der Waals surface area contributed by atoms with E-state index in [0.717, 1.165) is 41.3 Å². The van der Waals surface area contributed by atoms with Crippen LogP contribution < -0.4 is 16.0 Å². The standard InChI is InChI=1S/C13H22N4O3S/c1-10-6-11(20-12(10)7-14-2)9-21-5-4-16-13(15-3)8-17(18)19/h6,8,14-16H,4-5,7,9H2,1-3H3. The summed E-state index contributed by atoms with van der Waals surface area (Å²) >= 11 is 1.72. The Labute approximate surface area is 128 Å². The Bertz CT molecular complexity index is 488. The first-order chi connectivity index (χ1) is 10.1. The van der Waals surface area contributed by atoms with Crippen LogP contribution in [0.1, 0.15) is 17.1 Å². The molecule has 0 amide bonds. The van der Waals surface area contributed by atoms with Crippen LogP contribution >= 0.6 is 11.8 Å². The van der Waals surface area contributed by atoms with E-state index >= 15 is 0 Å². The zero-order chi connectivity index (χ0) is 15.7. The molecule has 0 saturated heterocycles. The molecular formula is C13H22N4O3S. The number of thioether (sulfide) groups is 1. The van der Waals surface area contributed by atoms with E-state index in [1.165, 1.54) is 0 Å². The van der Waals surface area contributed by atoms with Crippen molar-refractivity contribution in [2.24, 2.45) is 0 Å². The second-order valence-corrected chi connectivity index (χ2v) is 5.51. The van der Waals surface area contributed by atoms with Gasteiger partial charge >= 0.3 is 0 Å². The highest BCUT2D eigenvalue weighted by Gasteiger charge is 2.06. The van der Waals surface area contributed by atoms with E-state index in [0.29, 0.717) is 12.4 Å². The minimum atomic E-state index is -0.485. The molecule has 0 fully saturated rings. The lowest BCUT2D eigenvalue weighted by Crippen LogP contribution is -2.26. The first-order valence-electron chi connectivity index (χ1n) is 6.64. The van der Waals surface area contributed by atoms with E-state index in [1.807, 2.05) is 14.0 Å². The van der Waals surface area contributed by atoms with Gasteiger partial charge in [0.05, 0.1) is 17.2 Å². The summed E-state index contributed by atoms with van der Waals surface area (Å²) in [5.41, 5.74) is 1.16. The molecule has 118 valence electrons. The van der Waals surface area contributed by atoms with Crippen LogP contribution in [0.25, 0.3) is 0 Å². The summed E-state index contributed by atoms with van der Waals surface area (Å²) in [6, 6.07) is 2.05. The van der Waals surface area contributed by atoms with E-state index in [9.17, 15) is 10.1 Å². The summed E-state index contributed by atoms with van der Waals surface area (Å²) in [5, 5.41) is 19.1. The largest absolute Gasteiger partial charge is 0.464 e. The van der Waals surface area contributed by atoms with Crippen molar-refractivity contribution in [3.63, 3.8) is 0 Å². The van der Waals surface area contributed by atoms with Gasteiger partial charge in [-0.25, -0.2) is 0 Å². The Kier molecular flexibility index (Phi) is 7.70. The smallest absolute Gasteiger partial charge is 0.274 e. The van der Waals surface area contributed by atoms with Gasteiger partial charge in [-0.3, -0.25) is 10.1 Å². The van der Waals surface area contributed by atoms with Gasteiger partial charge in [0.15, 0.2) is 5.82 Å². The molecule has 0 radical (unpaired) electrons. The second-order valence-electron chi connectivity index (χ2n) is 4.41. The molecule has 0 spiro atoms. The number of hydrogen-bond acceptors (Lipinski definition) is 7. The highest BCUT2D eigenvalue weighted by atomic mass is 32.2. The van der Waals surface area contributed by atoms with Gasteiger partial charge in [0, 0.05) is 19.3 Å². The van der Waals surface area contributed by atoms with E-state index in [4.69, 9.17) is 4.42 Å². The zero-order valence-electron chi connectivity index (χ0n) is 12.6. The third-order valence-corrected chi connectivity index (χ3v) is 3.70. The van der Waals surface area contributed by atoms with Crippen LogP contribution in [0.5, 0.6) is 0 Å². The second kappa shape index (κ2) is 9.30. The lowest BCUT2D eigenvalue weighted by atomic mass is 10.3. The van der Waals surface area contributed by atoms with E-state index < -0.39 is 4.92 Å². The number of aryl methyl sites for hydroxylation is 1.